The fourth-order valence-corrected chi connectivity index (χ4v) is 3.65. The third kappa shape index (κ3) is 3.46. The van der Waals surface area contributed by atoms with Crippen molar-refractivity contribution in [3.63, 3.8) is 0 Å². The molecule has 0 fully saturated rings. The van der Waals surface area contributed by atoms with Crippen LogP contribution >= 0.6 is 0 Å². The molecule has 22 heavy (non-hydrogen) atoms. The molecule has 2 aromatic carbocycles. The lowest BCUT2D eigenvalue weighted by atomic mass is 10.1. The zero-order valence-corrected chi connectivity index (χ0v) is 13.2. The van der Waals surface area contributed by atoms with E-state index in [1.54, 1.807) is 36.4 Å². The number of primary amides is 1. The van der Waals surface area contributed by atoms with E-state index in [2.05, 4.69) is 5.32 Å². The Balaban J connectivity index is 2.50. The van der Waals surface area contributed by atoms with E-state index < -0.39 is 21.2 Å². The monoisotopic (exact) mass is 318 g/mol. The van der Waals surface area contributed by atoms with E-state index in [1.165, 1.54) is 12.1 Å². The normalized spacial score (nSPS) is 12.6. The van der Waals surface area contributed by atoms with Crippen molar-refractivity contribution in [2.75, 3.05) is 0 Å². The van der Waals surface area contributed by atoms with Crippen LogP contribution in [0, 0.1) is 13.8 Å². The molecule has 0 saturated carbocycles. The molecule has 3 N–H and O–H groups in total. The van der Waals surface area contributed by atoms with Gasteiger partial charge in [-0.1, -0.05) is 47.5 Å². The molecule has 0 radical (unpaired) electrons. The highest BCUT2D eigenvalue weighted by atomic mass is 32.2. The van der Waals surface area contributed by atoms with Gasteiger partial charge in [-0.25, -0.2) is 13.2 Å². The summed E-state index contributed by atoms with van der Waals surface area (Å²) in [6, 6.07) is 12.5. The largest absolute Gasteiger partial charge is 0.352 e. The minimum absolute atomic E-state index is 0.137. The average Bonchev–Trinajstić information content (AvgIpc) is 2.46. The van der Waals surface area contributed by atoms with Gasteiger partial charge >= 0.3 is 6.03 Å². The number of aryl methyl sites for hydroxylation is 2. The predicted octanol–water partition coefficient (Wildman–Crippen LogP) is 2.44. The fourth-order valence-electron chi connectivity index (χ4n) is 2.07. The maximum atomic E-state index is 12.8. The molecule has 2 aromatic rings. The summed E-state index contributed by atoms with van der Waals surface area (Å²) in [5, 5.41) is 1.11. The van der Waals surface area contributed by atoms with Gasteiger partial charge in [0.1, 0.15) is 0 Å². The van der Waals surface area contributed by atoms with Gasteiger partial charge in [0.2, 0.25) is 9.84 Å². The van der Waals surface area contributed by atoms with E-state index in [1.807, 2.05) is 13.8 Å². The first kappa shape index (κ1) is 16.0. The number of benzene rings is 2. The summed E-state index contributed by atoms with van der Waals surface area (Å²) in [6.07, 6.45) is 0. The van der Waals surface area contributed by atoms with Crippen molar-refractivity contribution in [3.8, 4) is 0 Å². The van der Waals surface area contributed by atoms with Gasteiger partial charge < -0.3 is 11.1 Å². The standard InChI is InChI=1S/C16H18N2O3S/c1-11-3-7-13(8-4-11)15(18-16(17)19)22(20,21)14-9-5-12(2)6-10-14/h3-10,15H,1-2H3,(H3,17,18,19). The molecule has 0 aliphatic heterocycles. The molecule has 2 amide bonds. The molecule has 1 unspecified atom stereocenters. The van der Waals surface area contributed by atoms with Gasteiger partial charge in [0.05, 0.1) is 4.90 Å². The summed E-state index contributed by atoms with van der Waals surface area (Å²) in [4.78, 5) is 11.4. The van der Waals surface area contributed by atoms with Gasteiger partial charge in [0.25, 0.3) is 0 Å². The molecule has 0 heterocycles. The van der Waals surface area contributed by atoms with Crippen LogP contribution in [-0.4, -0.2) is 14.4 Å². The SMILES string of the molecule is Cc1ccc(C(NC(N)=O)S(=O)(=O)c2ccc(C)cc2)cc1. The number of sulfone groups is 1. The highest BCUT2D eigenvalue weighted by Crippen LogP contribution is 2.27. The summed E-state index contributed by atoms with van der Waals surface area (Å²) in [7, 11) is -3.79. The molecular weight excluding hydrogens is 300 g/mol. The number of rotatable bonds is 4. The quantitative estimate of drug-likeness (QED) is 0.907. The first-order valence-electron chi connectivity index (χ1n) is 6.74. The first-order valence-corrected chi connectivity index (χ1v) is 8.28. The lowest BCUT2D eigenvalue weighted by Crippen LogP contribution is -2.37. The smallest absolute Gasteiger partial charge is 0.313 e. The number of hydrogen-bond donors (Lipinski definition) is 2. The van der Waals surface area contributed by atoms with Crippen molar-refractivity contribution in [1.82, 2.24) is 5.32 Å². The van der Waals surface area contributed by atoms with Gasteiger partial charge in [-0.3, -0.25) is 0 Å². The Morgan fingerprint density at radius 2 is 1.41 bits per heavy atom. The number of nitrogens with one attached hydrogen (secondary N) is 1. The molecule has 5 nitrogen and oxygen atoms in total. The number of amides is 2. The van der Waals surface area contributed by atoms with Gasteiger partial charge in [0, 0.05) is 0 Å². The number of nitrogens with two attached hydrogens (primary N) is 1. The minimum atomic E-state index is -3.79. The molecular formula is C16H18N2O3S. The average molecular weight is 318 g/mol. The summed E-state index contributed by atoms with van der Waals surface area (Å²) >= 11 is 0. The summed E-state index contributed by atoms with van der Waals surface area (Å²) in [6.45, 7) is 3.77. The lowest BCUT2D eigenvalue weighted by molar-refractivity contribution is 0.248. The summed E-state index contributed by atoms with van der Waals surface area (Å²) < 4.78 is 25.6. The molecule has 0 aliphatic rings. The first-order chi connectivity index (χ1) is 10.3. The third-order valence-corrected chi connectivity index (χ3v) is 5.25. The number of urea groups is 1. The van der Waals surface area contributed by atoms with Crippen molar-refractivity contribution in [2.45, 2.75) is 24.1 Å². The van der Waals surface area contributed by atoms with Crippen molar-refractivity contribution < 1.29 is 13.2 Å². The Labute approximate surface area is 130 Å². The molecule has 0 bridgehead atoms. The minimum Gasteiger partial charge on any atom is -0.352 e. The molecule has 1 atom stereocenters. The molecule has 2 rings (SSSR count). The van der Waals surface area contributed by atoms with E-state index >= 15 is 0 Å². The topological polar surface area (TPSA) is 89.3 Å². The number of carbonyl (C=O) groups is 1. The van der Waals surface area contributed by atoms with E-state index in [4.69, 9.17) is 5.73 Å². The number of carbonyl (C=O) groups excluding carboxylic acids is 1. The van der Waals surface area contributed by atoms with Crippen LogP contribution in [0.25, 0.3) is 0 Å². The maximum absolute atomic E-state index is 12.8. The van der Waals surface area contributed by atoms with Gasteiger partial charge in [-0.2, -0.15) is 0 Å². The molecule has 0 aliphatic carbocycles. The van der Waals surface area contributed by atoms with Crippen molar-refractivity contribution in [3.05, 3.63) is 65.2 Å². The van der Waals surface area contributed by atoms with E-state index in [0.717, 1.165) is 11.1 Å². The van der Waals surface area contributed by atoms with Crippen LogP contribution in [-0.2, 0) is 9.84 Å². The van der Waals surface area contributed by atoms with Crippen molar-refractivity contribution in [2.24, 2.45) is 5.73 Å². The molecule has 6 heteroatoms. The van der Waals surface area contributed by atoms with Gasteiger partial charge in [-0.05, 0) is 31.5 Å². The third-order valence-electron chi connectivity index (χ3n) is 3.31. The van der Waals surface area contributed by atoms with E-state index in [9.17, 15) is 13.2 Å². The van der Waals surface area contributed by atoms with Crippen LogP contribution in [0.4, 0.5) is 4.79 Å². The Hall–Kier alpha value is -2.34. The summed E-state index contributed by atoms with van der Waals surface area (Å²) in [5.41, 5.74) is 7.56. The highest BCUT2D eigenvalue weighted by molar-refractivity contribution is 7.91. The Bertz CT molecular complexity index is 766. The second-order valence-corrected chi connectivity index (χ2v) is 7.19. The van der Waals surface area contributed by atoms with Crippen LogP contribution in [0.15, 0.2) is 53.4 Å². The second-order valence-electron chi connectivity index (χ2n) is 5.16. The molecule has 0 aromatic heterocycles. The fraction of sp³-hybridized carbons (Fsp3) is 0.188. The van der Waals surface area contributed by atoms with Crippen molar-refractivity contribution in [1.29, 1.82) is 0 Å². The van der Waals surface area contributed by atoms with Gasteiger partial charge in [0.15, 0.2) is 5.37 Å². The zero-order valence-electron chi connectivity index (χ0n) is 12.4. The summed E-state index contributed by atoms with van der Waals surface area (Å²) in [5.74, 6) is 0. The number of hydrogen-bond acceptors (Lipinski definition) is 3. The van der Waals surface area contributed by atoms with E-state index in [-0.39, 0.29) is 4.90 Å². The molecule has 0 spiro atoms. The van der Waals surface area contributed by atoms with Crippen LogP contribution in [0.1, 0.15) is 22.1 Å². The molecule has 116 valence electrons. The highest BCUT2D eigenvalue weighted by Gasteiger charge is 2.30. The van der Waals surface area contributed by atoms with E-state index in [0.29, 0.717) is 5.56 Å². The predicted molar refractivity (Wildman–Crippen MR) is 85.0 cm³/mol. The van der Waals surface area contributed by atoms with Crippen LogP contribution in [0.5, 0.6) is 0 Å². The van der Waals surface area contributed by atoms with Crippen LogP contribution in [0.2, 0.25) is 0 Å². The Morgan fingerprint density at radius 1 is 0.955 bits per heavy atom. The Kier molecular flexibility index (Phi) is 4.51. The maximum Gasteiger partial charge on any atom is 0.313 e. The lowest BCUT2D eigenvalue weighted by Gasteiger charge is -2.19. The van der Waals surface area contributed by atoms with Crippen molar-refractivity contribution >= 4 is 15.9 Å². The Morgan fingerprint density at radius 3 is 1.86 bits per heavy atom. The van der Waals surface area contributed by atoms with Crippen LogP contribution < -0.4 is 11.1 Å². The molecule has 0 saturated heterocycles. The zero-order chi connectivity index (χ0) is 16.3. The van der Waals surface area contributed by atoms with Crippen LogP contribution in [0.3, 0.4) is 0 Å². The second kappa shape index (κ2) is 6.19. The van der Waals surface area contributed by atoms with Gasteiger partial charge in [-0.15, -0.1) is 0 Å².